The van der Waals surface area contributed by atoms with E-state index < -0.39 is 17.0 Å². The quantitative estimate of drug-likeness (QED) is 0.697. The summed E-state index contributed by atoms with van der Waals surface area (Å²) in [6, 6.07) is 8.72. The summed E-state index contributed by atoms with van der Waals surface area (Å²) in [5, 5.41) is 0. The van der Waals surface area contributed by atoms with Crippen LogP contribution in [0.4, 0.5) is 8.78 Å². The van der Waals surface area contributed by atoms with E-state index in [-0.39, 0.29) is 28.5 Å². The van der Waals surface area contributed by atoms with Gasteiger partial charge in [0.1, 0.15) is 22.9 Å². The Hall–Kier alpha value is -2.89. The lowest BCUT2D eigenvalue weighted by molar-refractivity contribution is -0.121. The monoisotopic (exact) mass is 342 g/mol. The summed E-state index contributed by atoms with van der Waals surface area (Å²) in [6.07, 6.45) is 1.26. The van der Waals surface area contributed by atoms with Crippen molar-refractivity contribution in [2.75, 3.05) is 0 Å². The minimum absolute atomic E-state index is 0.0873. The van der Waals surface area contributed by atoms with E-state index >= 15 is 0 Å². The SMILES string of the molecule is CC(=O)C(C)(C)c1c(F)cccc1Oc1cnc2c(F)cccc2n1. The molecule has 0 unspecified atom stereocenters. The average Bonchev–Trinajstić information content (AvgIpc) is 2.54. The van der Waals surface area contributed by atoms with Crippen LogP contribution in [0.2, 0.25) is 0 Å². The van der Waals surface area contributed by atoms with Crippen LogP contribution in [0.1, 0.15) is 26.3 Å². The number of hydrogen-bond donors (Lipinski definition) is 0. The van der Waals surface area contributed by atoms with Crippen LogP contribution < -0.4 is 4.74 Å². The van der Waals surface area contributed by atoms with Crippen LogP contribution in [0, 0.1) is 11.6 Å². The van der Waals surface area contributed by atoms with Gasteiger partial charge in [-0.3, -0.25) is 4.79 Å². The van der Waals surface area contributed by atoms with Crippen LogP contribution in [0.25, 0.3) is 11.0 Å². The standard InChI is InChI=1S/C19H16F2N2O2/c1-11(24)19(2,3)17-12(20)6-5-9-15(17)25-16-10-22-18-13(21)7-4-8-14(18)23-16/h4-10H,1-3H3. The van der Waals surface area contributed by atoms with E-state index in [1.54, 1.807) is 26.0 Å². The van der Waals surface area contributed by atoms with E-state index in [0.717, 1.165) is 0 Å². The fourth-order valence-corrected chi connectivity index (χ4v) is 2.52. The van der Waals surface area contributed by atoms with Crippen molar-refractivity contribution in [1.82, 2.24) is 9.97 Å². The second-order valence-corrected chi connectivity index (χ2v) is 6.21. The molecule has 1 heterocycles. The number of benzene rings is 2. The van der Waals surface area contributed by atoms with E-state index in [2.05, 4.69) is 9.97 Å². The number of ether oxygens (including phenoxy) is 1. The summed E-state index contributed by atoms with van der Waals surface area (Å²) in [4.78, 5) is 20.1. The Morgan fingerprint density at radius 1 is 1.08 bits per heavy atom. The van der Waals surface area contributed by atoms with E-state index in [0.29, 0.717) is 5.52 Å². The van der Waals surface area contributed by atoms with Gasteiger partial charge in [0.2, 0.25) is 5.88 Å². The molecule has 0 saturated carbocycles. The second kappa shape index (κ2) is 6.20. The first-order chi connectivity index (χ1) is 11.8. The zero-order chi connectivity index (χ0) is 18.2. The molecular weight excluding hydrogens is 326 g/mol. The second-order valence-electron chi connectivity index (χ2n) is 6.21. The maximum atomic E-state index is 14.4. The van der Waals surface area contributed by atoms with Crippen molar-refractivity contribution in [3.63, 3.8) is 0 Å². The highest BCUT2D eigenvalue weighted by Gasteiger charge is 2.33. The topological polar surface area (TPSA) is 52.1 Å². The van der Waals surface area contributed by atoms with Crippen LogP contribution in [0.5, 0.6) is 11.6 Å². The summed E-state index contributed by atoms with van der Waals surface area (Å²) in [5.74, 6) is -0.970. The largest absolute Gasteiger partial charge is 0.437 e. The van der Waals surface area contributed by atoms with Crippen LogP contribution in [-0.4, -0.2) is 15.8 Å². The van der Waals surface area contributed by atoms with Crippen molar-refractivity contribution < 1.29 is 18.3 Å². The summed E-state index contributed by atoms with van der Waals surface area (Å²) in [7, 11) is 0. The fraction of sp³-hybridized carbons (Fsp3) is 0.211. The number of ketones is 1. The van der Waals surface area contributed by atoms with Crippen molar-refractivity contribution >= 4 is 16.8 Å². The highest BCUT2D eigenvalue weighted by Crippen LogP contribution is 2.36. The van der Waals surface area contributed by atoms with Gasteiger partial charge in [-0.05, 0) is 45.0 Å². The van der Waals surface area contributed by atoms with Gasteiger partial charge in [0, 0.05) is 5.56 Å². The smallest absolute Gasteiger partial charge is 0.238 e. The summed E-state index contributed by atoms with van der Waals surface area (Å²) in [5.41, 5.74) is -0.486. The third kappa shape index (κ3) is 3.07. The number of halogens is 2. The van der Waals surface area contributed by atoms with Gasteiger partial charge >= 0.3 is 0 Å². The summed E-state index contributed by atoms with van der Waals surface area (Å²) in [6.45, 7) is 4.65. The van der Waals surface area contributed by atoms with Crippen molar-refractivity contribution in [1.29, 1.82) is 0 Å². The Kier molecular flexibility index (Phi) is 4.20. The predicted octanol–water partition coefficient (Wildman–Crippen LogP) is 4.57. The molecule has 0 aliphatic heterocycles. The van der Waals surface area contributed by atoms with Crippen LogP contribution in [0.3, 0.4) is 0 Å². The van der Waals surface area contributed by atoms with Crippen LogP contribution in [-0.2, 0) is 10.2 Å². The van der Waals surface area contributed by atoms with E-state index in [9.17, 15) is 13.6 Å². The average molecular weight is 342 g/mol. The number of rotatable bonds is 4. The molecule has 4 nitrogen and oxygen atoms in total. The summed E-state index contributed by atoms with van der Waals surface area (Å²) < 4.78 is 33.8. The molecule has 0 spiro atoms. The highest BCUT2D eigenvalue weighted by atomic mass is 19.1. The van der Waals surface area contributed by atoms with E-state index in [1.807, 2.05) is 0 Å². The van der Waals surface area contributed by atoms with Crippen LogP contribution >= 0.6 is 0 Å². The third-order valence-electron chi connectivity index (χ3n) is 4.20. The van der Waals surface area contributed by atoms with E-state index in [1.165, 1.54) is 37.4 Å². The molecule has 0 aliphatic rings. The van der Waals surface area contributed by atoms with Crippen molar-refractivity contribution in [3.8, 4) is 11.6 Å². The van der Waals surface area contributed by atoms with Gasteiger partial charge in [-0.25, -0.2) is 18.7 Å². The minimum Gasteiger partial charge on any atom is -0.437 e. The van der Waals surface area contributed by atoms with Gasteiger partial charge in [-0.15, -0.1) is 0 Å². The lowest BCUT2D eigenvalue weighted by Gasteiger charge is -2.24. The van der Waals surface area contributed by atoms with Gasteiger partial charge in [-0.1, -0.05) is 12.1 Å². The van der Waals surface area contributed by atoms with Gasteiger partial charge in [0.15, 0.2) is 5.82 Å². The van der Waals surface area contributed by atoms with Crippen molar-refractivity contribution in [3.05, 3.63) is 59.8 Å². The Morgan fingerprint density at radius 2 is 1.76 bits per heavy atom. The minimum atomic E-state index is -1.07. The molecule has 0 N–H and O–H groups in total. The van der Waals surface area contributed by atoms with Crippen molar-refractivity contribution in [2.24, 2.45) is 0 Å². The predicted molar refractivity (Wildman–Crippen MR) is 89.7 cm³/mol. The Labute approximate surface area is 143 Å². The normalized spacial score (nSPS) is 11.6. The third-order valence-corrected chi connectivity index (χ3v) is 4.20. The molecule has 0 bridgehead atoms. The molecule has 0 amide bonds. The van der Waals surface area contributed by atoms with E-state index in [4.69, 9.17) is 4.74 Å². The molecule has 1 aromatic heterocycles. The number of fused-ring (bicyclic) bond motifs is 1. The molecule has 0 saturated heterocycles. The number of nitrogens with zero attached hydrogens (tertiary/aromatic N) is 2. The number of Topliss-reactive ketones (excluding diaryl/α,β-unsaturated/α-hetero) is 1. The lowest BCUT2D eigenvalue weighted by Crippen LogP contribution is -2.28. The van der Waals surface area contributed by atoms with Gasteiger partial charge < -0.3 is 4.74 Å². The van der Waals surface area contributed by atoms with Gasteiger partial charge in [-0.2, -0.15) is 0 Å². The van der Waals surface area contributed by atoms with Gasteiger partial charge in [0.05, 0.1) is 17.1 Å². The summed E-state index contributed by atoms with van der Waals surface area (Å²) >= 11 is 0. The number of hydrogen-bond acceptors (Lipinski definition) is 4. The maximum Gasteiger partial charge on any atom is 0.238 e. The highest BCUT2D eigenvalue weighted by molar-refractivity contribution is 5.88. The first kappa shape index (κ1) is 17.0. The molecule has 2 aromatic carbocycles. The number of para-hydroxylation sites is 1. The number of carbonyl (C=O) groups excluding carboxylic acids is 1. The Morgan fingerprint density at radius 3 is 2.48 bits per heavy atom. The zero-order valence-electron chi connectivity index (χ0n) is 14.0. The number of carbonyl (C=O) groups is 1. The Balaban J connectivity index is 2.07. The van der Waals surface area contributed by atoms with Crippen molar-refractivity contribution in [2.45, 2.75) is 26.2 Å². The fourth-order valence-electron chi connectivity index (χ4n) is 2.52. The van der Waals surface area contributed by atoms with Crippen LogP contribution in [0.15, 0.2) is 42.6 Å². The first-order valence-electron chi connectivity index (χ1n) is 7.70. The molecule has 0 aliphatic carbocycles. The molecule has 25 heavy (non-hydrogen) atoms. The number of aromatic nitrogens is 2. The first-order valence-corrected chi connectivity index (χ1v) is 7.70. The maximum absolute atomic E-state index is 14.4. The molecule has 3 aromatic rings. The molecule has 0 atom stereocenters. The molecule has 0 radical (unpaired) electrons. The zero-order valence-corrected chi connectivity index (χ0v) is 14.0. The Bertz CT molecular complexity index is 971. The molecular formula is C19H16F2N2O2. The molecule has 6 heteroatoms. The van der Waals surface area contributed by atoms with Gasteiger partial charge in [0.25, 0.3) is 0 Å². The molecule has 3 rings (SSSR count). The molecule has 128 valence electrons. The lowest BCUT2D eigenvalue weighted by atomic mass is 9.80. The molecule has 0 fully saturated rings.